The molecule has 1 heterocycles. The molecule has 1 aliphatic heterocycles. The van der Waals surface area contributed by atoms with Crippen molar-refractivity contribution in [1.29, 1.82) is 0 Å². The van der Waals surface area contributed by atoms with Crippen LogP contribution in [0.3, 0.4) is 0 Å². The first kappa shape index (κ1) is 24.1. The van der Waals surface area contributed by atoms with Crippen molar-refractivity contribution < 1.29 is 28.7 Å². The van der Waals surface area contributed by atoms with E-state index in [1.165, 1.54) is 11.8 Å². The van der Waals surface area contributed by atoms with Crippen molar-refractivity contribution in [2.75, 3.05) is 19.6 Å². The van der Waals surface area contributed by atoms with E-state index in [0.29, 0.717) is 13.0 Å². The van der Waals surface area contributed by atoms with Gasteiger partial charge in [-0.2, -0.15) is 0 Å². The summed E-state index contributed by atoms with van der Waals surface area (Å²) in [5.41, 5.74) is 0.430. The average molecular weight is 434 g/mol. The molecule has 0 aliphatic carbocycles. The van der Waals surface area contributed by atoms with Crippen LogP contribution >= 0.6 is 0 Å². The van der Waals surface area contributed by atoms with Crippen LogP contribution in [0.2, 0.25) is 0 Å². The summed E-state index contributed by atoms with van der Waals surface area (Å²) in [6.45, 7) is 9.28. The van der Waals surface area contributed by atoms with E-state index in [2.05, 4.69) is 10.6 Å². The molecule has 0 fully saturated rings. The summed E-state index contributed by atoms with van der Waals surface area (Å²) in [5.74, 6) is -3.05. The highest BCUT2D eigenvalue weighted by Crippen LogP contribution is 2.34. The van der Waals surface area contributed by atoms with Gasteiger partial charge in [0.05, 0.1) is 11.1 Å². The number of hydrogen-bond acceptors (Lipinski definition) is 7. The second-order valence-electron chi connectivity index (χ2n) is 7.07. The van der Waals surface area contributed by atoms with Gasteiger partial charge in [0, 0.05) is 26.6 Å². The normalized spacial score (nSPS) is 15.9. The quantitative estimate of drug-likeness (QED) is 0.453. The summed E-state index contributed by atoms with van der Waals surface area (Å²) in [6, 6.07) is 6.39. The molecule has 4 amide bonds. The molecular weight excluding hydrogens is 404 g/mol. The molecule has 10 nitrogen and oxygen atoms in total. The topological polar surface area (TPSA) is 117 Å². The molecule has 2 rings (SSSR count). The first-order valence-corrected chi connectivity index (χ1v) is 10.4. The van der Waals surface area contributed by atoms with Crippen molar-refractivity contribution in [2.24, 2.45) is 0 Å². The fraction of sp³-hybridized carbons (Fsp3) is 0.524. The molecule has 2 N–H and O–H groups in total. The van der Waals surface area contributed by atoms with E-state index in [1.807, 2.05) is 6.92 Å². The molecular formula is C21H30N4O6. The second-order valence-corrected chi connectivity index (χ2v) is 7.07. The lowest BCUT2D eigenvalue weighted by atomic mass is 10.1. The van der Waals surface area contributed by atoms with Crippen LogP contribution in [0.25, 0.3) is 0 Å². The number of nitrogens with one attached hydrogen (secondary N) is 2. The molecule has 1 aliphatic rings. The standard InChI is InChI=1S/C21H30N4O6/c1-6-13-24(14(4)30-19(28)22-7-2)21(5,31-20(29)23-8-3)25-17(26)15-11-9-10-12-16(15)18(25)27/h9-12,14H,6-8,13H2,1-5H3,(H,22,28)(H,23,29). The van der Waals surface area contributed by atoms with Gasteiger partial charge in [-0.15, -0.1) is 0 Å². The number of amides is 4. The highest BCUT2D eigenvalue weighted by molar-refractivity contribution is 6.21. The molecule has 0 bridgehead atoms. The molecule has 10 heteroatoms. The van der Waals surface area contributed by atoms with Gasteiger partial charge in [0.1, 0.15) is 0 Å². The zero-order valence-electron chi connectivity index (χ0n) is 18.6. The van der Waals surface area contributed by atoms with Gasteiger partial charge in [0.15, 0.2) is 6.23 Å². The van der Waals surface area contributed by atoms with Crippen molar-refractivity contribution in [3.63, 3.8) is 0 Å². The van der Waals surface area contributed by atoms with Crippen LogP contribution in [0.15, 0.2) is 24.3 Å². The van der Waals surface area contributed by atoms with Crippen molar-refractivity contribution in [1.82, 2.24) is 20.4 Å². The SMILES string of the molecule is CCCN(C(C)OC(=O)NCC)C(C)(OC(=O)NCC)N1C(=O)c2ccccc2C1=O. The van der Waals surface area contributed by atoms with E-state index in [4.69, 9.17) is 9.47 Å². The zero-order valence-corrected chi connectivity index (χ0v) is 18.6. The molecule has 0 saturated heterocycles. The van der Waals surface area contributed by atoms with E-state index in [1.54, 1.807) is 45.0 Å². The van der Waals surface area contributed by atoms with Gasteiger partial charge in [-0.1, -0.05) is 19.1 Å². The largest absolute Gasteiger partial charge is 0.430 e. The van der Waals surface area contributed by atoms with Gasteiger partial charge < -0.3 is 20.1 Å². The Labute approximate surface area is 181 Å². The Kier molecular flexibility index (Phi) is 7.98. The Bertz CT molecular complexity index is 810. The van der Waals surface area contributed by atoms with Crippen LogP contribution in [0.5, 0.6) is 0 Å². The zero-order chi connectivity index (χ0) is 23.2. The molecule has 1 aromatic rings. The number of benzene rings is 1. The van der Waals surface area contributed by atoms with E-state index >= 15 is 0 Å². The summed E-state index contributed by atoms with van der Waals surface area (Å²) in [7, 11) is 0. The number of fused-ring (bicyclic) bond motifs is 1. The molecule has 0 radical (unpaired) electrons. The number of ether oxygens (including phenoxy) is 2. The molecule has 2 atom stereocenters. The monoisotopic (exact) mass is 434 g/mol. The predicted molar refractivity (Wildman–Crippen MR) is 112 cm³/mol. The third-order valence-electron chi connectivity index (χ3n) is 4.85. The Hall–Kier alpha value is -3.14. The molecule has 170 valence electrons. The minimum atomic E-state index is -1.85. The number of imide groups is 1. The predicted octanol–water partition coefficient (Wildman–Crippen LogP) is 2.51. The van der Waals surface area contributed by atoms with Crippen molar-refractivity contribution in [2.45, 2.75) is 53.1 Å². The molecule has 0 saturated carbocycles. The van der Waals surface area contributed by atoms with Crippen molar-refractivity contribution in [3.05, 3.63) is 35.4 Å². The summed E-state index contributed by atoms with van der Waals surface area (Å²) in [4.78, 5) is 53.2. The van der Waals surface area contributed by atoms with Gasteiger partial charge in [-0.25, -0.2) is 19.4 Å². The number of hydrogen-bond donors (Lipinski definition) is 2. The molecule has 0 aromatic heterocycles. The summed E-state index contributed by atoms with van der Waals surface area (Å²) < 4.78 is 11.1. The average Bonchev–Trinajstić information content (AvgIpc) is 2.97. The van der Waals surface area contributed by atoms with Crippen LogP contribution in [-0.2, 0) is 9.47 Å². The van der Waals surface area contributed by atoms with E-state index in [9.17, 15) is 19.2 Å². The summed E-state index contributed by atoms with van der Waals surface area (Å²) >= 11 is 0. The number of rotatable bonds is 9. The summed E-state index contributed by atoms with van der Waals surface area (Å²) in [5, 5.41) is 5.05. The minimum absolute atomic E-state index is 0.215. The highest BCUT2D eigenvalue weighted by Gasteiger charge is 2.54. The maximum Gasteiger partial charge on any atom is 0.410 e. The number of carbonyl (C=O) groups excluding carboxylic acids is 4. The molecule has 0 spiro atoms. The van der Waals surface area contributed by atoms with Gasteiger partial charge >= 0.3 is 12.2 Å². The Morgan fingerprint density at radius 2 is 1.55 bits per heavy atom. The second kappa shape index (κ2) is 10.3. The minimum Gasteiger partial charge on any atom is -0.430 e. The molecule has 1 aromatic carbocycles. The van der Waals surface area contributed by atoms with E-state index in [0.717, 1.165) is 4.90 Å². The van der Waals surface area contributed by atoms with Crippen molar-refractivity contribution in [3.8, 4) is 0 Å². The molecule has 31 heavy (non-hydrogen) atoms. The van der Waals surface area contributed by atoms with Gasteiger partial charge in [0.25, 0.3) is 17.7 Å². The summed E-state index contributed by atoms with van der Waals surface area (Å²) in [6.07, 6.45) is -1.83. The Morgan fingerprint density at radius 3 is 2.03 bits per heavy atom. The lowest BCUT2D eigenvalue weighted by molar-refractivity contribution is -0.211. The number of nitrogens with zero attached hydrogens (tertiary/aromatic N) is 2. The third kappa shape index (κ3) is 4.96. The fourth-order valence-electron chi connectivity index (χ4n) is 3.53. The maximum absolute atomic E-state index is 13.2. The Morgan fingerprint density at radius 1 is 1.03 bits per heavy atom. The maximum atomic E-state index is 13.2. The Balaban J connectivity index is 2.51. The van der Waals surface area contributed by atoms with Crippen LogP contribution in [0, 0.1) is 0 Å². The highest BCUT2D eigenvalue weighted by atomic mass is 16.6. The smallest absolute Gasteiger partial charge is 0.410 e. The van der Waals surface area contributed by atoms with Gasteiger partial charge in [-0.3, -0.25) is 9.59 Å². The lowest BCUT2D eigenvalue weighted by Gasteiger charge is -2.46. The van der Waals surface area contributed by atoms with E-state index in [-0.39, 0.29) is 24.2 Å². The van der Waals surface area contributed by atoms with Crippen LogP contribution < -0.4 is 10.6 Å². The van der Waals surface area contributed by atoms with Crippen LogP contribution in [0.4, 0.5) is 9.59 Å². The fourth-order valence-corrected chi connectivity index (χ4v) is 3.53. The van der Waals surface area contributed by atoms with Gasteiger partial charge in [0.2, 0.25) is 0 Å². The first-order chi connectivity index (χ1) is 14.7. The number of alkyl carbamates (subject to hydrolysis) is 2. The molecule has 2 unspecified atom stereocenters. The van der Waals surface area contributed by atoms with Crippen LogP contribution in [0.1, 0.15) is 61.8 Å². The van der Waals surface area contributed by atoms with Gasteiger partial charge in [-0.05, 0) is 39.3 Å². The van der Waals surface area contributed by atoms with E-state index < -0.39 is 36.1 Å². The van der Waals surface area contributed by atoms with Crippen molar-refractivity contribution >= 4 is 24.0 Å². The van der Waals surface area contributed by atoms with Crippen LogP contribution in [-0.4, -0.2) is 65.5 Å². The number of carbonyl (C=O) groups is 4. The third-order valence-corrected chi connectivity index (χ3v) is 4.85. The first-order valence-electron chi connectivity index (χ1n) is 10.4. The lowest BCUT2D eigenvalue weighted by Crippen LogP contribution is -2.66.